The minimum absolute atomic E-state index is 0. The van der Waals surface area contributed by atoms with Gasteiger partial charge < -0.3 is 20.4 Å². The molecule has 0 aliphatic carbocycles. The van der Waals surface area contributed by atoms with Gasteiger partial charge in [-0.15, -0.1) is 12.4 Å². The van der Waals surface area contributed by atoms with Gasteiger partial charge in [0.25, 0.3) is 11.5 Å². The second-order valence-corrected chi connectivity index (χ2v) is 8.52. The monoisotopic (exact) mass is 479 g/mol. The van der Waals surface area contributed by atoms with Crippen LogP contribution >= 0.6 is 12.4 Å². The second kappa shape index (κ2) is 8.96. The van der Waals surface area contributed by atoms with Crippen LogP contribution < -0.4 is 20.9 Å². The van der Waals surface area contributed by atoms with Crippen molar-refractivity contribution in [2.45, 2.75) is 19.4 Å². The molecule has 0 unspecified atom stereocenters. The lowest BCUT2D eigenvalue weighted by Crippen LogP contribution is -2.66. The molecular weight excluding hydrogens is 454 g/mol. The third-order valence-electron chi connectivity index (χ3n) is 6.37. The number of aromatic nitrogens is 3. The van der Waals surface area contributed by atoms with E-state index < -0.39 is 5.54 Å². The van der Waals surface area contributed by atoms with E-state index in [9.17, 15) is 9.59 Å². The Labute approximate surface area is 202 Å². The van der Waals surface area contributed by atoms with Crippen LogP contribution in [0.2, 0.25) is 0 Å². The number of aryl methyl sites for hydroxylation is 2. The number of fused-ring (bicyclic) bond motifs is 1. The molecule has 176 valence electrons. The van der Waals surface area contributed by atoms with E-state index in [2.05, 4.69) is 20.7 Å². The Kier molecular flexibility index (Phi) is 6.20. The van der Waals surface area contributed by atoms with Crippen molar-refractivity contribution in [2.75, 3.05) is 20.2 Å². The summed E-state index contributed by atoms with van der Waals surface area (Å²) in [7, 11) is 1.62. The van der Waals surface area contributed by atoms with Crippen molar-refractivity contribution in [3.8, 4) is 17.0 Å². The van der Waals surface area contributed by atoms with Crippen LogP contribution in [0.4, 0.5) is 0 Å². The zero-order valence-electron chi connectivity index (χ0n) is 19.1. The van der Waals surface area contributed by atoms with Gasteiger partial charge >= 0.3 is 0 Å². The number of hydrogen-bond donors (Lipinski definition) is 3. The number of methoxy groups -OCH3 is 1. The van der Waals surface area contributed by atoms with Crippen molar-refractivity contribution < 1.29 is 9.53 Å². The molecule has 1 amide bonds. The summed E-state index contributed by atoms with van der Waals surface area (Å²) in [6, 6.07) is 15.2. The predicted molar refractivity (Wildman–Crippen MR) is 133 cm³/mol. The van der Waals surface area contributed by atoms with Crippen molar-refractivity contribution in [1.82, 2.24) is 25.2 Å². The summed E-state index contributed by atoms with van der Waals surface area (Å²) in [6.07, 6.45) is 1.74. The number of H-pyrrole nitrogens is 1. The fourth-order valence-electron chi connectivity index (χ4n) is 4.10. The molecule has 2 aromatic heterocycles. The maximum Gasteiger partial charge on any atom is 0.274 e. The molecule has 5 rings (SSSR count). The van der Waals surface area contributed by atoms with Crippen molar-refractivity contribution in [3.63, 3.8) is 0 Å². The molecule has 0 spiro atoms. The Bertz CT molecular complexity index is 1420. The molecule has 0 bridgehead atoms. The highest BCUT2D eigenvalue weighted by molar-refractivity contribution is 5.94. The van der Waals surface area contributed by atoms with E-state index in [1.165, 1.54) is 16.1 Å². The molecular formula is C25H26ClN5O3. The van der Waals surface area contributed by atoms with Gasteiger partial charge in [-0.1, -0.05) is 24.3 Å². The molecule has 4 aromatic rings. The summed E-state index contributed by atoms with van der Waals surface area (Å²) in [5.41, 5.74) is 4.50. The first-order valence-electron chi connectivity index (χ1n) is 10.8. The summed E-state index contributed by atoms with van der Waals surface area (Å²) >= 11 is 0. The molecule has 8 nitrogen and oxygen atoms in total. The number of ether oxygens (including phenoxy) is 1. The van der Waals surface area contributed by atoms with Gasteiger partial charge in [-0.3, -0.25) is 9.59 Å². The average molecular weight is 480 g/mol. The fourth-order valence-corrected chi connectivity index (χ4v) is 4.10. The maximum atomic E-state index is 13.1. The van der Waals surface area contributed by atoms with Crippen LogP contribution in [0.15, 0.2) is 59.5 Å². The number of nitrogens with one attached hydrogen (secondary N) is 3. The first-order chi connectivity index (χ1) is 15.9. The van der Waals surface area contributed by atoms with Crippen LogP contribution in [0.3, 0.4) is 0 Å². The molecule has 0 atom stereocenters. The molecule has 1 aliphatic heterocycles. The fraction of sp³-hybridized carbons (Fsp3) is 0.240. The number of benzene rings is 2. The highest BCUT2D eigenvalue weighted by atomic mass is 35.5. The van der Waals surface area contributed by atoms with Gasteiger partial charge in [-0.25, -0.2) is 4.52 Å². The van der Waals surface area contributed by atoms with E-state index >= 15 is 0 Å². The SMILES string of the molecule is COc1ccc(C2(NC(=O)c3cc4c(=O)[nH]c(-c5ccc(C)c(C)c5)cn4n3)CNC2)cc1.Cl. The Morgan fingerprint density at radius 1 is 1.09 bits per heavy atom. The Morgan fingerprint density at radius 3 is 2.44 bits per heavy atom. The number of nitrogens with zero attached hydrogens (tertiary/aromatic N) is 2. The largest absolute Gasteiger partial charge is 0.497 e. The molecule has 2 aromatic carbocycles. The Hall–Kier alpha value is -3.62. The van der Waals surface area contributed by atoms with Gasteiger partial charge in [-0.2, -0.15) is 5.10 Å². The predicted octanol–water partition coefficient (Wildman–Crippen LogP) is 2.97. The molecule has 0 radical (unpaired) electrons. The molecule has 0 saturated carbocycles. The summed E-state index contributed by atoms with van der Waals surface area (Å²) in [6.45, 7) is 5.28. The van der Waals surface area contributed by atoms with E-state index in [-0.39, 0.29) is 29.6 Å². The van der Waals surface area contributed by atoms with Crippen LogP contribution in [-0.4, -0.2) is 40.7 Å². The van der Waals surface area contributed by atoms with Crippen molar-refractivity contribution in [1.29, 1.82) is 0 Å². The number of halogens is 1. The van der Waals surface area contributed by atoms with Crippen LogP contribution in [0.5, 0.6) is 5.75 Å². The Balaban J connectivity index is 0.00000274. The zero-order valence-corrected chi connectivity index (χ0v) is 20.0. The zero-order chi connectivity index (χ0) is 23.2. The van der Waals surface area contributed by atoms with E-state index in [0.717, 1.165) is 22.4 Å². The number of carbonyl (C=O) groups is 1. The van der Waals surface area contributed by atoms with E-state index in [0.29, 0.717) is 24.3 Å². The lowest BCUT2D eigenvalue weighted by molar-refractivity contribution is 0.0847. The number of hydrogen-bond acceptors (Lipinski definition) is 5. The number of aromatic amines is 1. The van der Waals surface area contributed by atoms with Gasteiger partial charge in [0.05, 0.1) is 24.5 Å². The average Bonchev–Trinajstić information content (AvgIpc) is 3.23. The van der Waals surface area contributed by atoms with Crippen molar-refractivity contribution >= 4 is 23.8 Å². The van der Waals surface area contributed by atoms with Crippen LogP contribution in [0.25, 0.3) is 16.8 Å². The van der Waals surface area contributed by atoms with Crippen LogP contribution in [0, 0.1) is 13.8 Å². The first kappa shape index (κ1) is 23.5. The quantitative estimate of drug-likeness (QED) is 0.408. The Morgan fingerprint density at radius 2 is 1.82 bits per heavy atom. The normalized spacial score (nSPS) is 14.2. The minimum atomic E-state index is -0.532. The van der Waals surface area contributed by atoms with E-state index in [4.69, 9.17) is 4.74 Å². The molecule has 3 heterocycles. The molecule has 1 fully saturated rings. The lowest BCUT2D eigenvalue weighted by atomic mass is 9.84. The van der Waals surface area contributed by atoms with E-state index in [1.807, 2.05) is 56.3 Å². The number of rotatable bonds is 5. The van der Waals surface area contributed by atoms with E-state index in [1.54, 1.807) is 13.3 Å². The minimum Gasteiger partial charge on any atom is -0.497 e. The molecule has 1 saturated heterocycles. The summed E-state index contributed by atoms with van der Waals surface area (Å²) in [5.74, 6) is 0.426. The van der Waals surface area contributed by atoms with Gasteiger partial charge in [0, 0.05) is 19.2 Å². The standard InChI is InChI=1S/C25H25N5O3.ClH/c1-15-4-5-17(10-16(15)2)21-12-30-22(24(32)27-21)11-20(29-30)23(31)28-25(13-26-14-25)18-6-8-19(33-3)9-7-18;/h4-12,26H,13-14H2,1-3H3,(H,27,32)(H,28,31);1H. The highest BCUT2D eigenvalue weighted by Gasteiger charge is 2.40. The van der Waals surface area contributed by atoms with Crippen molar-refractivity contribution in [2.24, 2.45) is 0 Å². The van der Waals surface area contributed by atoms with Crippen molar-refractivity contribution in [3.05, 3.63) is 87.5 Å². The topological polar surface area (TPSA) is 101 Å². The molecule has 34 heavy (non-hydrogen) atoms. The van der Waals surface area contributed by atoms with Gasteiger partial charge in [0.1, 0.15) is 11.3 Å². The smallest absolute Gasteiger partial charge is 0.274 e. The third-order valence-corrected chi connectivity index (χ3v) is 6.37. The summed E-state index contributed by atoms with van der Waals surface area (Å²) in [5, 5.41) is 10.7. The molecule has 3 N–H and O–H groups in total. The number of carbonyl (C=O) groups excluding carboxylic acids is 1. The third kappa shape index (κ3) is 4.06. The summed E-state index contributed by atoms with van der Waals surface area (Å²) in [4.78, 5) is 28.7. The summed E-state index contributed by atoms with van der Waals surface area (Å²) < 4.78 is 6.70. The lowest BCUT2D eigenvalue weighted by Gasteiger charge is -2.43. The molecule has 9 heteroatoms. The van der Waals surface area contributed by atoms with Gasteiger partial charge in [0.2, 0.25) is 0 Å². The van der Waals surface area contributed by atoms with Crippen LogP contribution in [0.1, 0.15) is 27.2 Å². The highest BCUT2D eigenvalue weighted by Crippen LogP contribution is 2.28. The first-order valence-corrected chi connectivity index (χ1v) is 10.8. The van der Waals surface area contributed by atoms with Gasteiger partial charge in [0.15, 0.2) is 5.69 Å². The second-order valence-electron chi connectivity index (χ2n) is 8.52. The van der Waals surface area contributed by atoms with Gasteiger partial charge in [-0.05, 0) is 54.3 Å². The van der Waals surface area contributed by atoms with Crippen LogP contribution in [-0.2, 0) is 5.54 Å². The number of amides is 1. The maximum absolute atomic E-state index is 13.1. The molecule has 1 aliphatic rings.